The first-order valence-electron chi connectivity index (χ1n) is 7.29. The molecule has 0 unspecified atom stereocenters. The van der Waals surface area contributed by atoms with Crippen molar-refractivity contribution in [3.63, 3.8) is 0 Å². The second kappa shape index (κ2) is 5.16. The minimum Gasteiger partial charge on any atom is -0.465 e. The van der Waals surface area contributed by atoms with Gasteiger partial charge in [-0.3, -0.25) is 0 Å². The Labute approximate surface area is 120 Å². The van der Waals surface area contributed by atoms with Gasteiger partial charge in [-0.2, -0.15) is 0 Å². The van der Waals surface area contributed by atoms with Gasteiger partial charge in [0.15, 0.2) is 0 Å². The average Bonchev–Trinajstić information content (AvgIpc) is 3.24. The number of furan rings is 1. The van der Waals surface area contributed by atoms with Crippen LogP contribution < -0.4 is 10.0 Å². The molecule has 0 radical (unpaired) electrons. The van der Waals surface area contributed by atoms with E-state index in [4.69, 9.17) is 4.42 Å². The van der Waals surface area contributed by atoms with Crippen molar-refractivity contribution < 1.29 is 12.8 Å². The van der Waals surface area contributed by atoms with Gasteiger partial charge in [-0.25, -0.2) is 13.1 Å². The second-order valence-electron chi connectivity index (χ2n) is 5.97. The summed E-state index contributed by atoms with van der Waals surface area (Å²) < 4.78 is 33.2. The van der Waals surface area contributed by atoms with Gasteiger partial charge in [-0.05, 0) is 45.4 Å². The lowest BCUT2D eigenvalue weighted by Crippen LogP contribution is -2.28. The molecule has 2 aliphatic rings. The molecule has 1 aromatic heterocycles. The van der Waals surface area contributed by atoms with Crippen LogP contribution in [0.25, 0.3) is 0 Å². The highest BCUT2D eigenvalue weighted by molar-refractivity contribution is 7.89. The third-order valence-electron chi connectivity index (χ3n) is 4.00. The summed E-state index contributed by atoms with van der Waals surface area (Å²) in [5, 5.41) is 3.36. The molecule has 0 saturated heterocycles. The van der Waals surface area contributed by atoms with Crippen LogP contribution in [0.4, 0.5) is 0 Å². The molecule has 0 aliphatic heterocycles. The summed E-state index contributed by atoms with van der Waals surface area (Å²) in [5.41, 5.74) is 0.776. The molecule has 2 aliphatic carbocycles. The normalized spacial score (nSPS) is 19.5. The molecule has 5 nitrogen and oxygen atoms in total. The lowest BCUT2D eigenvalue weighted by molar-refractivity contribution is 0.492. The Morgan fingerprint density at radius 3 is 2.45 bits per heavy atom. The standard InChI is InChI=1S/C14H22N2O3S/c1-9-13(8-15-12-5-6-12)14(10(2)19-9)20(17,18)16-7-11-3-4-11/h11-12,15-16H,3-8H2,1-2H3. The average molecular weight is 298 g/mol. The van der Waals surface area contributed by atoms with E-state index in [-0.39, 0.29) is 0 Å². The maximum atomic E-state index is 12.5. The van der Waals surface area contributed by atoms with Gasteiger partial charge < -0.3 is 9.73 Å². The van der Waals surface area contributed by atoms with Crippen molar-refractivity contribution in [1.82, 2.24) is 10.0 Å². The lowest BCUT2D eigenvalue weighted by atomic mass is 10.2. The summed E-state index contributed by atoms with van der Waals surface area (Å²) in [7, 11) is -3.47. The van der Waals surface area contributed by atoms with Gasteiger partial charge in [0.05, 0.1) is 0 Å². The Morgan fingerprint density at radius 2 is 1.85 bits per heavy atom. The van der Waals surface area contributed by atoms with Crippen LogP contribution in [0.2, 0.25) is 0 Å². The quantitative estimate of drug-likeness (QED) is 0.805. The van der Waals surface area contributed by atoms with Gasteiger partial charge in [0.1, 0.15) is 16.4 Å². The molecule has 2 fully saturated rings. The molecular weight excluding hydrogens is 276 g/mol. The van der Waals surface area contributed by atoms with E-state index < -0.39 is 10.0 Å². The van der Waals surface area contributed by atoms with Crippen molar-refractivity contribution in [3.8, 4) is 0 Å². The topological polar surface area (TPSA) is 71.3 Å². The first kappa shape index (κ1) is 14.1. The zero-order chi connectivity index (χ0) is 14.3. The Balaban J connectivity index is 1.81. The van der Waals surface area contributed by atoms with Crippen molar-refractivity contribution >= 4 is 10.0 Å². The third kappa shape index (κ3) is 3.07. The number of hydrogen-bond acceptors (Lipinski definition) is 4. The van der Waals surface area contributed by atoms with Crippen molar-refractivity contribution in [2.75, 3.05) is 6.54 Å². The first-order chi connectivity index (χ1) is 9.47. The molecule has 2 saturated carbocycles. The van der Waals surface area contributed by atoms with Crippen LogP contribution >= 0.6 is 0 Å². The summed E-state index contributed by atoms with van der Waals surface area (Å²) >= 11 is 0. The first-order valence-corrected chi connectivity index (χ1v) is 8.77. The monoisotopic (exact) mass is 298 g/mol. The van der Waals surface area contributed by atoms with Crippen molar-refractivity contribution in [1.29, 1.82) is 0 Å². The van der Waals surface area contributed by atoms with E-state index in [0.29, 0.717) is 41.5 Å². The molecule has 0 spiro atoms. The van der Waals surface area contributed by atoms with Gasteiger partial charge >= 0.3 is 0 Å². The highest BCUT2D eigenvalue weighted by atomic mass is 32.2. The van der Waals surface area contributed by atoms with Crippen LogP contribution in [0.5, 0.6) is 0 Å². The molecule has 0 aromatic carbocycles. The number of aryl methyl sites for hydroxylation is 2. The van der Waals surface area contributed by atoms with E-state index in [1.54, 1.807) is 6.92 Å². The maximum Gasteiger partial charge on any atom is 0.244 e. The molecule has 1 aromatic rings. The second-order valence-corrected chi connectivity index (χ2v) is 7.68. The van der Waals surface area contributed by atoms with E-state index in [0.717, 1.165) is 18.4 Å². The van der Waals surface area contributed by atoms with Crippen molar-refractivity contribution in [2.24, 2.45) is 5.92 Å². The number of rotatable bonds is 7. The molecular formula is C14H22N2O3S. The van der Waals surface area contributed by atoms with E-state index in [1.165, 1.54) is 12.8 Å². The van der Waals surface area contributed by atoms with Gasteiger partial charge in [0, 0.05) is 24.7 Å². The van der Waals surface area contributed by atoms with Crippen LogP contribution in [-0.2, 0) is 16.6 Å². The highest BCUT2D eigenvalue weighted by Crippen LogP contribution is 2.30. The predicted octanol–water partition coefficient (Wildman–Crippen LogP) is 1.84. The van der Waals surface area contributed by atoms with E-state index in [9.17, 15) is 8.42 Å². The Kier molecular flexibility index (Phi) is 3.64. The number of hydrogen-bond donors (Lipinski definition) is 2. The molecule has 0 atom stereocenters. The van der Waals surface area contributed by atoms with Gasteiger partial charge in [-0.1, -0.05) is 0 Å². The van der Waals surface area contributed by atoms with E-state index >= 15 is 0 Å². The zero-order valence-electron chi connectivity index (χ0n) is 12.0. The fourth-order valence-corrected chi connectivity index (χ4v) is 3.98. The Bertz CT molecular complexity index is 598. The SMILES string of the molecule is Cc1oc(C)c(S(=O)(=O)NCC2CC2)c1CNC1CC1. The Hall–Kier alpha value is -0.850. The zero-order valence-corrected chi connectivity index (χ0v) is 12.8. The predicted molar refractivity (Wildman–Crippen MR) is 76.0 cm³/mol. The lowest BCUT2D eigenvalue weighted by Gasteiger charge is -2.09. The Morgan fingerprint density at radius 1 is 1.15 bits per heavy atom. The van der Waals surface area contributed by atoms with E-state index in [2.05, 4.69) is 10.0 Å². The summed E-state index contributed by atoms with van der Waals surface area (Å²) in [5.74, 6) is 1.70. The highest BCUT2D eigenvalue weighted by Gasteiger charge is 2.30. The van der Waals surface area contributed by atoms with Crippen molar-refractivity contribution in [2.45, 2.75) is 57.0 Å². The largest absolute Gasteiger partial charge is 0.465 e. The van der Waals surface area contributed by atoms with Crippen LogP contribution in [-0.4, -0.2) is 21.0 Å². The van der Waals surface area contributed by atoms with Crippen molar-refractivity contribution in [3.05, 3.63) is 17.1 Å². The minimum absolute atomic E-state index is 0.337. The molecule has 6 heteroatoms. The molecule has 3 rings (SSSR count). The maximum absolute atomic E-state index is 12.5. The molecule has 0 amide bonds. The third-order valence-corrected chi connectivity index (χ3v) is 5.62. The fourth-order valence-electron chi connectivity index (χ4n) is 2.42. The van der Waals surface area contributed by atoms with Gasteiger partial charge in [0.2, 0.25) is 10.0 Å². The molecule has 0 bridgehead atoms. The van der Waals surface area contributed by atoms with Crippen LogP contribution in [0.15, 0.2) is 9.31 Å². The van der Waals surface area contributed by atoms with Crippen LogP contribution in [0.3, 0.4) is 0 Å². The molecule has 1 heterocycles. The van der Waals surface area contributed by atoms with E-state index in [1.807, 2.05) is 6.92 Å². The van der Waals surface area contributed by atoms with Gasteiger partial charge in [-0.15, -0.1) is 0 Å². The molecule has 2 N–H and O–H groups in total. The van der Waals surface area contributed by atoms with Gasteiger partial charge in [0.25, 0.3) is 0 Å². The summed E-state index contributed by atoms with van der Waals surface area (Å²) in [6, 6.07) is 0.541. The number of nitrogens with one attached hydrogen (secondary N) is 2. The fraction of sp³-hybridized carbons (Fsp3) is 0.714. The minimum atomic E-state index is -3.47. The summed E-state index contributed by atoms with van der Waals surface area (Å²) in [6.07, 6.45) is 4.61. The summed E-state index contributed by atoms with van der Waals surface area (Å²) in [4.78, 5) is 0.337. The molecule has 20 heavy (non-hydrogen) atoms. The number of sulfonamides is 1. The van der Waals surface area contributed by atoms with Crippen LogP contribution in [0, 0.1) is 19.8 Å². The van der Waals surface area contributed by atoms with Crippen LogP contribution in [0.1, 0.15) is 42.8 Å². The smallest absolute Gasteiger partial charge is 0.244 e. The molecule has 112 valence electrons. The summed E-state index contributed by atoms with van der Waals surface area (Å²) in [6.45, 7) is 4.66.